The van der Waals surface area contributed by atoms with Gasteiger partial charge in [0.05, 0.1) is 23.9 Å². The van der Waals surface area contributed by atoms with Crippen LogP contribution in [0.1, 0.15) is 17.5 Å². The van der Waals surface area contributed by atoms with E-state index in [4.69, 9.17) is 5.26 Å². The molecule has 0 saturated carbocycles. The molecule has 0 saturated heterocycles. The van der Waals surface area contributed by atoms with Crippen molar-refractivity contribution in [2.24, 2.45) is 4.99 Å². The molecule has 3 rings (SSSR count). The Balaban J connectivity index is 1.59. The molecule has 0 radical (unpaired) electrons. The number of nitriles is 1. The first-order chi connectivity index (χ1) is 12.5. The van der Waals surface area contributed by atoms with Gasteiger partial charge in [0.15, 0.2) is 0 Å². The van der Waals surface area contributed by atoms with Crippen molar-refractivity contribution in [3.8, 4) is 6.07 Å². The summed E-state index contributed by atoms with van der Waals surface area (Å²) in [6.07, 6.45) is 0.441. The van der Waals surface area contributed by atoms with Gasteiger partial charge >= 0.3 is 0 Å². The number of hydrogen-bond donors (Lipinski definition) is 2. The van der Waals surface area contributed by atoms with Gasteiger partial charge in [0, 0.05) is 17.7 Å². The van der Waals surface area contributed by atoms with Crippen LogP contribution >= 0.6 is 0 Å². The van der Waals surface area contributed by atoms with Crippen LogP contribution in [0.2, 0.25) is 0 Å². The van der Waals surface area contributed by atoms with Crippen LogP contribution < -0.4 is 10.0 Å². The summed E-state index contributed by atoms with van der Waals surface area (Å²) in [5, 5.41) is 11.4. The Kier molecular flexibility index (Phi) is 5.00. The first kappa shape index (κ1) is 17.6. The molecular formula is C18H16N4O3S. The molecule has 2 N–H and O–H groups in total. The third kappa shape index (κ3) is 3.90. The van der Waals surface area contributed by atoms with Crippen molar-refractivity contribution in [1.29, 1.82) is 5.26 Å². The second-order valence-corrected chi connectivity index (χ2v) is 7.31. The zero-order valence-corrected chi connectivity index (χ0v) is 14.6. The number of carbonyl (C=O) groups is 1. The SMILES string of the molecule is N#CCc1ccc(NC(=O)CCN=C2NS(=O)(=O)c3ccccc32)cc1. The average molecular weight is 368 g/mol. The molecular weight excluding hydrogens is 352 g/mol. The molecule has 2 aromatic rings. The zero-order chi connectivity index (χ0) is 18.6. The lowest BCUT2D eigenvalue weighted by Crippen LogP contribution is -2.23. The summed E-state index contributed by atoms with van der Waals surface area (Å²) in [4.78, 5) is 16.4. The third-order valence-corrected chi connectivity index (χ3v) is 5.19. The number of fused-ring (bicyclic) bond motifs is 1. The van der Waals surface area contributed by atoms with Crippen LogP contribution in [0.5, 0.6) is 0 Å². The second-order valence-electron chi connectivity index (χ2n) is 5.66. The Morgan fingerprint density at radius 1 is 1.15 bits per heavy atom. The van der Waals surface area contributed by atoms with Gasteiger partial charge < -0.3 is 5.32 Å². The smallest absolute Gasteiger partial charge is 0.263 e. The zero-order valence-electron chi connectivity index (χ0n) is 13.8. The summed E-state index contributed by atoms with van der Waals surface area (Å²) in [6, 6.07) is 15.7. The predicted molar refractivity (Wildman–Crippen MR) is 97.2 cm³/mol. The van der Waals surface area contributed by atoms with E-state index in [0.29, 0.717) is 17.7 Å². The van der Waals surface area contributed by atoms with Crippen molar-refractivity contribution in [2.45, 2.75) is 17.7 Å². The molecule has 0 aromatic heterocycles. The highest BCUT2D eigenvalue weighted by Crippen LogP contribution is 2.22. The molecule has 7 nitrogen and oxygen atoms in total. The minimum atomic E-state index is -3.57. The van der Waals surface area contributed by atoms with E-state index in [1.807, 2.05) is 0 Å². The van der Waals surface area contributed by atoms with Gasteiger partial charge in [-0.05, 0) is 29.8 Å². The number of hydrogen-bond acceptors (Lipinski definition) is 5. The number of anilines is 1. The standard InChI is InChI=1S/C18H16N4O3S/c19-11-9-13-5-7-14(8-6-13)21-17(23)10-12-20-18-15-3-1-2-4-16(15)26(24,25)22-18/h1-8H,9-10,12H2,(H,20,22)(H,21,23). The number of nitrogens with one attached hydrogen (secondary N) is 2. The van der Waals surface area contributed by atoms with Crippen molar-refractivity contribution >= 4 is 27.5 Å². The van der Waals surface area contributed by atoms with E-state index >= 15 is 0 Å². The van der Waals surface area contributed by atoms with Crippen LogP contribution in [0.3, 0.4) is 0 Å². The number of benzene rings is 2. The molecule has 1 heterocycles. The van der Waals surface area contributed by atoms with Crippen molar-refractivity contribution in [3.05, 3.63) is 59.7 Å². The van der Waals surface area contributed by atoms with E-state index < -0.39 is 10.0 Å². The maximum absolute atomic E-state index is 12.0. The van der Waals surface area contributed by atoms with Gasteiger partial charge in [-0.3, -0.25) is 14.5 Å². The van der Waals surface area contributed by atoms with Crippen LogP contribution in [0.25, 0.3) is 0 Å². The van der Waals surface area contributed by atoms with Crippen molar-refractivity contribution in [3.63, 3.8) is 0 Å². The first-order valence-electron chi connectivity index (χ1n) is 7.92. The molecule has 0 fully saturated rings. The number of sulfonamides is 1. The van der Waals surface area contributed by atoms with Gasteiger partial charge in [-0.15, -0.1) is 0 Å². The topological polar surface area (TPSA) is 111 Å². The molecule has 26 heavy (non-hydrogen) atoms. The lowest BCUT2D eigenvalue weighted by molar-refractivity contribution is -0.116. The van der Waals surface area contributed by atoms with E-state index in [0.717, 1.165) is 5.56 Å². The van der Waals surface area contributed by atoms with Crippen LogP contribution in [0.4, 0.5) is 5.69 Å². The quantitative estimate of drug-likeness (QED) is 0.838. The van der Waals surface area contributed by atoms with E-state index in [2.05, 4.69) is 21.1 Å². The monoisotopic (exact) mass is 368 g/mol. The fraction of sp³-hybridized carbons (Fsp3) is 0.167. The molecule has 8 heteroatoms. The lowest BCUT2D eigenvalue weighted by Gasteiger charge is -2.05. The summed E-state index contributed by atoms with van der Waals surface area (Å²) in [5.41, 5.74) is 2.03. The third-order valence-electron chi connectivity index (χ3n) is 3.79. The fourth-order valence-corrected chi connectivity index (χ4v) is 3.79. The normalized spacial score (nSPS) is 15.7. The first-order valence-corrected chi connectivity index (χ1v) is 9.40. The molecule has 1 amide bonds. The van der Waals surface area contributed by atoms with E-state index in [9.17, 15) is 13.2 Å². The van der Waals surface area contributed by atoms with Gasteiger partial charge in [-0.2, -0.15) is 5.26 Å². The largest absolute Gasteiger partial charge is 0.326 e. The summed E-state index contributed by atoms with van der Waals surface area (Å²) < 4.78 is 26.4. The van der Waals surface area contributed by atoms with Gasteiger partial charge in [-0.25, -0.2) is 8.42 Å². The number of rotatable bonds is 5. The maximum Gasteiger partial charge on any atom is 0.263 e. The van der Waals surface area contributed by atoms with Gasteiger partial charge in [0.1, 0.15) is 5.84 Å². The molecule has 0 spiro atoms. The van der Waals surface area contributed by atoms with Crippen LogP contribution in [-0.2, 0) is 21.2 Å². The Hall–Kier alpha value is -3.18. The Morgan fingerprint density at radius 3 is 2.62 bits per heavy atom. The summed E-state index contributed by atoms with van der Waals surface area (Å²) in [6.45, 7) is 0.157. The Morgan fingerprint density at radius 2 is 1.88 bits per heavy atom. The van der Waals surface area contributed by atoms with Gasteiger partial charge in [0.2, 0.25) is 5.91 Å². The number of aliphatic imine (C=N–C) groups is 1. The lowest BCUT2D eigenvalue weighted by atomic mass is 10.1. The predicted octanol–water partition coefficient (Wildman–Crippen LogP) is 1.82. The summed E-state index contributed by atoms with van der Waals surface area (Å²) in [7, 11) is -3.57. The van der Waals surface area contributed by atoms with E-state index in [1.54, 1.807) is 42.5 Å². The minimum absolute atomic E-state index is 0.118. The molecule has 132 valence electrons. The number of carbonyl (C=O) groups excluding carboxylic acids is 1. The Labute approximate surface area is 151 Å². The summed E-state index contributed by atoms with van der Waals surface area (Å²) >= 11 is 0. The number of nitrogens with zero attached hydrogens (tertiary/aromatic N) is 2. The van der Waals surface area contributed by atoms with Crippen LogP contribution in [-0.4, -0.2) is 26.7 Å². The molecule has 0 aliphatic carbocycles. The summed E-state index contributed by atoms with van der Waals surface area (Å²) in [5.74, 6) is 0.0331. The van der Waals surface area contributed by atoms with E-state index in [1.165, 1.54) is 6.07 Å². The maximum atomic E-state index is 12.0. The second kappa shape index (κ2) is 7.37. The number of amides is 1. The van der Waals surface area contributed by atoms with Gasteiger partial charge in [0.25, 0.3) is 10.0 Å². The van der Waals surface area contributed by atoms with Crippen LogP contribution in [0, 0.1) is 11.3 Å². The van der Waals surface area contributed by atoms with Gasteiger partial charge in [-0.1, -0.05) is 24.3 Å². The molecule has 2 aromatic carbocycles. The van der Waals surface area contributed by atoms with Crippen molar-refractivity contribution < 1.29 is 13.2 Å². The molecule has 1 aliphatic heterocycles. The number of amidine groups is 1. The highest BCUT2D eigenvalue weighted by Gasteiger charge is 2.29. The van der Waals surface area contributed by atoms with Crippen LogP contribution in [0.15, 0.2) is 58.4 Å². The average Bonchev–Trinajstić information content (AvgIpc) is 2.88. The van der Waals surface area contributed by atoms with E-state index in [-0.39, 0.29) is 29.6 Å². The van der Waals surface area contributed by atoms with Crippen molar-refractivity contribution in [1.82, 2.24) is 4.72 Å². The highest BCUT2D eigenvalue weighted by molar-refractivity contribution is 7.90. The molecule has 0 unspecified atom stereocenters. The minimum Gasteiger partial charge on any atom is -0.326 e. The highest BCUT2D eigenvalue weighted by atomic mass is 32.2. The molecule has 0 atom stereocenters. The Bertz CT molecular complexity index is 1010. The fourth-order valence-electron chi connectivity index (χ4n) is 2.54. The molecule has 1 aliphatic rings. The molecule has 0 bridgehead atoms. The van der Waals surface area contributed by atoms with Crippen molar-refractivity contribution in [2.75, 3.05) is 11.9 Å².